The molecule has 0 saturated heterocycles. The summed E-state index contributed by atoms with van der Waals surface area (Å²) in [5.74, 6) is -0.416. The number of aromatic nitrogens is 4. The molecule has 1 amide bonds. The predicted molar refractivity (Wildman–Crippen MR) is 128 cm³/mol. The molecule has 0 atom stereocenters. The van der Waals surface area contributed by atoms with Crippen molar-refractivity contribution < 1.29 is 9.18 Å². The van der Waals surface area contributed by atoms with Gasteiger partial charge in [0.15, 0.2) is 0 Å². The lowest BCUT2D eigenvalue weighted by Gasteiger charge is -2.16. The van der Waals surface area contributed by atoms with Crippen LogP contribution in [0.3, 0.4) is 0 Å². The van der Waals surface area contributed by atoms with Crippen molar-refractivity contribution in [1.29, 1.82) is 0 Å². The Hall–Kier alpha value is -4.14. The number of nitrogens with zero attached hydrogens (tertiary/aromatic N) is 4. The van der Waals surface area contributed by atoms with Gasteiger partial charge in [0.05, 0.1) is 28.9 Å². The Morgan fingerprint density at radius 3 is 2.77 bits per heavy atom. The molecule has 1 aliphatic heterocycles. The number of anilines is 1. The normalized spacial score (nSPS) is 15.8. The van der Waals surface area contributed by atoms with Gasteiger partial charge in [0, 0.05) is 35.7 Å². The van der Waals surface area contributed by atoms with Gasteiger partial charge in [0.2, 0.25) is 5.95 Å². The molecule has 1 saturated carbocycles. The van der Waals surface area contributed by atoms with Gasteiger partial charge in [-0.25, -0.2) is 19.5 Å². The molecule has 2 N–H and O–H groups in total. The minimum Gasteiger partial charge on any atom is -0.349 e. The summed E-state index contributed by atoms with van der Waals surface area (Å²) >= 11 is 0. The maximum absolute atomic E-state index is 14.8. The second-order valence-corrected chi connectivity index (χ2v) is 9.55. The summed E-state index contributed by atoms with van der Waals surface area (Å²) < 4.78 is 14.8. The molecular formula is C26H23FN6O2. The van der Waals surface area contributed by atoms with E-state index in [1.54, 1.807) is 35.4 Å². The number of hydrogen-bond donors (Lipinski definition) is 2. The standard InChI is InChI=1S/C26H23FN6O2/c1-26(8-9-26)30-25-28-12-16-13-33(14-22(16)29-25)24(35)19-10-15(6-7-20(19)27)11-21-17-4-2-3-5-18(17)23(34)32-31-21/h2-7,10,12H,8-9,11,13-14H2,1H3,(H,32,34)(H,28,29,30). The van der Waals surface area contributed by atoms with Crippen LogP contribution in [0, 0.1) is 5.82 Å². The number of benzene rings is 2. The largest absolute Gasteiger partial charge is 0.349 e. The summed E-state index contributed by atoms with van der Waals surface area (Å²) in [6.07, 6.45) is 4.25. The average Bonchev–Trinajstić information content (AvgIpc) is 3.43. The Balaban J connectivity index is 1.24. The van der Waals surface area contributed by atoms with Gasteiger partial charge in [-0.15, -0.1) is 0 Å². The van der Waals surface area contributed by atoms with Crippen LogP contribution in [0.1, 0.15) is 52.6 Å². The monoisotopic (exact) mass is 470 g/mol. The quantitative estimate of drug-likeness (QED) is 0.462. The molecule has 0 unspecified atom stereocenters. The van der Waals surface area contributed by atoms with Crippen LogP contribution in [0.4, 0.5) is 10.3 Å². The van der Waals surface area contributed by atoms with Gasteiger partial charge in [-0.05, 0) is 43.5 Å². The molecule has 0 bridgehead atoms. The summed E-state index contributed by atoms with van der Waals surface area (Å²) in [4.78, 5) is 35.9. The number of halogens is 1. The van der Waals surface area contributed by atoms with Crippen LogP contribution in [-0.4, -0.2) is 36.5 Å². The van der Waals surface area contributed by atoms with Crippen LogP contribution in [0.2, 0.25) is 0 Å². The summed E-state index contributed by atoms with van der Waals surface area (Å²) in [5.41, 5.74) is 2.81. The van der Waals surface area contributed by atoms with Gasteiger partial charge < -0.3 is 10.2 Å². The summed E-state index contributed by atoms with van der Waals surface area (Å²) in [5, 5.41) is 11.3. The van der Waals surface area contributed by atoms with Crippen LogP contribution in [0.25, 0.3) is 10.8 Å². The molecular weight excluding hydrogens is 447 g/mol. The second kappa shape index (κ2) is 7.97. The van der Waals surface area contributed by atoms with Crippen molar-refractivity contribution in [3.63, 3.8) is 0 Å². The third-order valence-corrected chi connectivity index (χ3v) is 6.76. The van der Waals surface area contributed by atoms with Crippen LogP contribution in [0.15, 0.2) is 53.5 Å². The molecule has 176 valence electrons. The first-order valence-electron chi connectivity index (χ1n) is 11.6. The van der Waals surface area contributed by atoms with Crippen LogP contribution < -0.4 is 10.9 Å². The lowest BCUT2D eigenvalue weighted by Crippen LogP contribution is -2.26. The van der Waals surface area contributed by atoms with Crippen molar-refractivity contribution in [2.75, 3.05) is 5.32 Å². The molecule has 9 heteroatoms. The van der Waals surface area contributed by atoms with Gasteiger partial charge in [0.25, 0.3) is 11.5 Å². The Morgan fingerprint density at radius 2 is 1.97 bits per heavy atom. The van der Waals surface area contributed by atoms with E-state index in [1.165, 1.54) is 6.07 Å². The molecule has 0 spiro atoms. The van der Waals surface area contributed by atoms with Crippen LogP contribution in [-0.2, 0) is 19.5 Å². The summed E-state index contributed by atoms with van der Waals surface area (Å²) in [6, 6.07) is 11.7. The summed E-state index contributed by atoms with van der Waals surface area (Å²) in [7, 11) is 0. The first-order chi connectivity index (χ1) is 16.9. The second-order valence-electron chi connectivity index (χ2n) is 9.55. The van der Waals surface area contributed by atoms with E-state index in [0.29, 0.717) is 36.5 Å². The number of carbonyl (C=O) groups excluding carboxylic acids is 1. The number of nitrogens with one attached hydrogen (secondary N) is 2. The fourth-order valence-electron chi connectivity index (χ4n) is 4.46. The lowest BCUT2D eigenvalue weighted by molar-refractivity contribution is 0.0745. The van der Waals surface area contributed by atoms with Crippen LogP contribution >= 0.6 is 0 Å². The van der Waals surface area contributed by atoms with E-state index in [0.717, 1.165) is 35.0 Å². The maximum Gasteiger partial charge on any atom is 0.272 e. The van der Waals surface area contributed by atoms with E-state index in [2.05, 4.69) is 32.4 Å². The van der Waals surface area contributed by atoms with Crippen molar-refractivity contribution in [2.24, 2.45) is 0 Å². The van der Waals surface area contributed by atoms with Gasteiger partial charge >= 0.3 is 0 Å². The Kier molecular flexibility index (Phi) is 4.87. The highest BCUT2D eigenvalue weighted by molar-refractivity contribution is 5.95. The van der Waals surface area contributed by atoms with Crippen molar-refractivity contribution in [3.05, 3.63) is 92.9 Å². The molecule has 35 heavy (non-hydrogen) atoms. The molecule has 2 aromatic heterocycles. The van der Waals surface area contributed by atoms with Crippen LogP contribution in [0.5, 0.6) is 0 Å². The van der Waals surface area contributed by atoms with E-state index >= 15 is 0 Å². The molecule has 6 rings (SSSR count). The zero-order valence-electron chi connectivity index (χ0n) is 19.1. The third-order valence-electron chi connectivity index (χ3n) is 6.76. The zero-order chi connectivity index (χ0) is 24.2. The Labute approximate surface area is 200 Å². The molecule has 3 heterocycles. The van der Waals surface area contributed by atoms with Gasteiger partial charge in [-0.1, -0.05) is 24.3 Å². The van der Waals surface area contributed by atoms with Gasteiger partial charge in [-0.3, -0.25) is 9.59 Å². The fourth-order valence-corrected chi connectivity index (χ4v) is 4.46. The molecule has 0 radical (unpaired) electrons. The fraction of sp³-hybridized carbons (Fsp3) is 0.269. The van der Waals surface area contributed by atoms with E-state index in [1.807, 2.05) is 12.1 Å². The van der Waals surface area contributed by atoms with E-state index in [4.69, 9.17) is 0 Å². The minimum atomic E-state index is -0.580. The number of hydrogen-bond acceptors (Lipinski definition) is 6. The van der Waals surface area contributed by atoms with Crippen molar-refractivity contribution in [3.8, 4) is 0 Å². The molecule has 2 aliphatic rings. The highest BCUT2D eigenvalue weighted by Gasteiger charge is 2.38. The smallest absolute Gasteiger partial charge is 0.272 e. The van der Waals surface area contributed by atoms with E-state index < -0.39 is 11.7 Å². The van der Waals surface area contributed by atoms with Crippen molar-refractivity contribution in [2.45, 2.75) is 44.8 Å². The van der Waals surface area contributed by atoms with E-state index in [-0.39, 0.29) is 16.7 Å². The topological polar surface area (TPSA) is 104 Å². The lowest BCUT2D eigenvalue weighted by atomic mass is 10.0. The number of fused-ring (bicyclic) bond motifs is 2. The number of rotatable bonds is 5. The predicted octanol–water partition coefficient (Wildman–Crippen LogP) is 3.56. The SMILES string of the molecule is CC1(Nc2ncc3c(n2)CN(C(=O)c2cc(Cc4n[nH]c(=O)c5ccccc45)ccc2F)C3)CC1. The molecule has 4 aromatic rings. The zero-order valence-corrected chi connectivity index (χ0v) is 19.1. The van der Waals surface area contributed by atoms with Gasteiger partial charge in [0.1, 0.15) is 5.82 Å². The highest BCUT2D eigenvalue weighted by atomic mass is 19.1. The van der Waals surface area contributed by atoms with Crippen molar-refractivity contribution in [1.82, 2.24) is 25.1 Å². The number of H-pyrrole nitrogens is 1. The molecule has 2 aromatic carbocycles. The first-order valence-corrected chi connectivity index (χ1v) is 11.6. The summed E-state index contributed by atoms with van der Waals surface area (Å²) in [6.45, 7) is 2.76. The maximum atomic E-state index is 14.8. The average molecular weight is 471 g/mol. The molecule has 1 fully saturated rings. The molecule has 8 nitrogen and oxygen atoms in total. The number of amides is 1. The van der Waals surface area contributed by atoms with Gasteiger partial charge in [-0.2, -0.15) is 5.10 Å². The third kappa shape index (κ3) is 4.03. The first kappa shape index (κ1) is 21.4. The Bertz CT molecular complexity index is 1540. The van der Waals surface area contributed by atoms with Crippen molar-refractivity contribution >= 4 is 22.6 Å². The number of aromatic amines is 1. The molecule has 1 aliphatic carbocycles. The van der Waals surface area contributed by atoms with E-state index in [9.17, 15) is 14.0 Å². The number of carbonyl (C=O) groups is 1. The Morgan fingerprint density at radius 1 is 1.17 bits per heavy atom. The minimum absolute atomic E-state index is 0.000774. The highest BCUT2D eigenvalue weighted by Crippen LogP contribution is 2.37.